The van der Waals surface area contributed by atoms with Crippen LogP contribution in [0.25, 0.3) is 0 Å². The normalized spacial score (nSPS) is 16.6. The van der Waals surface area contributed by atoms with E-state index in [1.54, 1.807) is 37.0 Å². The van der Waals surface area contributed by atoms with Gasteiger partial charge in [0.05, 0.1) is 20.6 Å². The van der Waals surface area contributed by atoms with Crippen molar-refractivity contribution in [3.63, 3.8) is 0 Å². The monoisotopic (exact) mass is 346 g/mol. The largest absolute Gasteiger partial charge is 0.497 e. The van der Waals surface area contributed by atoms with Gasteiger partial charge in [0.15, 0.2) is 0 Å². The van der Waals surface area contributed by atoms with Crippen LogP contribution in [0.1, 0.15) is 24.2 Å². The molecule has 2 aromatic rings. The Kier molecular flexibility index (Phi) is 5.06. The highest BCUT2D eigenvalue weighted by Gasteiger charge is 2.21. The number of fused-ring (bicyclic) bond motifs is 1. The number of hydrogen-bond donors (Lipinski definition) is 2. The van der Waals surface area contributed by atoms with Crippen LogP contribution in [-0.4, -0.2) is 40.9 Å². The first kappa shape index (κ1) is 17.1. The van der Waals surface area contributed by atoms with Crippen LogP contribution in [0.3, 0.4) is 0 Å². The minimum Gasteiger partial charge on any atom is -0.497 e. The molecule has 1 atom stereocenters. The fourth-order valence-corrected chi connectivity index (χ4v) is 3.12. The number of nitrogens with one attached hydrogen (secondary N) is 2. The van der Waals surface area contributed by atoms with Crippen LogP contribution in [0.15, 0.2) is 23.0 Å². The molecule has 8 nitrogen and oxygen atoms in total. The van der Waals surface area contributed by atoms with E-state index in [0.717, 1.165) is 17.8 Å². The zero-order valence-corrected chi connectivity index (χ0v) is 14.4. The molecule has 0 saturated carbocycles. The fourth-order valence-electron chi connectivity index (χ4n) is 3.12. The maximum Gasteiger partial charge on any atom is 0.343 e. The predicted molar refractivity (Wildman–Crippen MR) is 91.0 cm³/mol. The van der Waals surface area contributed by atoms with Crippen molar-refractivity contribution in [3.8, 4) is 11.5 Å². The van der Waals surface area contributed by atoms with Crippen LogP contribution in [0.2, 0.25) is 0 Å². The van der Waals surface area contributed by atoms with Crippen LogP contribution < -0.4 is 20.5 Å². The summed E-state index contributed by atoms with van der Waals surface area (Å²) < 4.78 is 12.2. The van der Waals surface area contributed by atoms with Gasteiger partial charge in [0.2, 0.25) is 5.91 Å². The van der Waals surface area contributed by atoms with Crippen molar-refractivity contribution < 1.29 is 14.3 Å². The SMILES string of the molecule is COc1ccc(OC)c(CC(=O)NC2CCc3n[nH]c(=O)n3CC2)c1. The fraction of sp³-hybridized carbons (Fsp3) is 0.471. The van der Waals surface area contributed by atoms with E-state index in [2.05, 4.69) is 15.5 Å². The molecule has 1 amide bonds. The van der Waals surface area contributed by atoms with Gasteiger partial charge in [-0.15, -0.1) is 0 Å². The Morgan fingerprint density at radius 3 is 2.96 bits per heavy atom. The molecule has 25 heavy (non-hydrogen) atoms. The predicted octanol–water partition coefficient (Wildman–Crippen LogP) is 0.652. The summed E-state index contributed by atoms with van der Waals surface area (Å²) in [6.07, 6.45) is 2.33. The number of aryl methyl sites for hydroxylation is 1. The van der Waals surface area contributed by atoms with Gasteiger partial charge in [0.1, 0.15) is 17.3 Å². The van der Waals surface area contributed by atoms with Gasteiger partial charge in [0, 0.05) is 24.6 Å². The molecule has 1 aromatic heterocycles. The third kappa shape index (κ3) is 3.84. The van der Waals surface area contributed by atoms with E-state index in [4.69, 9.17) is 9.47 Å². The number of benzene rings is 1. The minimum absolute atomic E-state index is 0.0187. The van der Waals surface area contributed by atoms with E-state index in [0.29, 0.717) is 30.9 Å². The van der Waals surface area contributed by atoms with Gasteiger partial charge in [-0.25, -0.2) is 9.89 Å². The smallest absolute Gasteiger partial charge is 0.343 e. The second-order valence-electron chi connectivity index (χ2n) is 6.04. The number of rotatable bonds is 5. The Bertz CT molecular complexity index is 811. The summed E-state index contributed by atoms with van der Waals surface area (Å²) in [5.41, 5.74) is 0.584. The molecule has 134 valence electrons. The number of hydrogen-bond acceptors (Lipinski definition) is 5. The Hall–Kier alpha value is -2.77. The number of methoxy groups -OCH3 is 2. The second-order valence-corrected chi connectivity index (χ2v) is 6.04. The van der Waals surface area contributed by atoms with Crippen molar-refractivity contribution in [1.82, 2.24) is 20.1 Å². The number of carbonyl (C=O) groups is 1. The number of amides is 1. The summed E-state index contributed by atoms with van der Waals surface area (Å²) in [4.78, 5) is 24.1. The van der Waals surface area contributed by atoms with Gasteiger partial charge >= 0.3 is 5.69 Å². The lowest BCUT2D eigenvalue weighted by Gasteiger charge is -2.17. The van der Waals surface area contributed by atoms with Crippen LogP contribution in [-0.2, 0) is 24.2 Å². The van der Waals surface area contributed by atoms with Crippen LogP contribution >= 0.6 is 0 Å². The van der Waals surface area contributed by atoms with Gasteiger partial charge < -0.3 is 14.8 Å². The molecule has 0 radical (unpaired) electrons. The van der Waals surface area contributed by atoms with Gasteiger partial charge in [0.25, 0.3) is 0 Å². The third-order valence-corrected chi connectivity index (χ3v) is 4.46. The topological polar surface area (TPSA) is 98.2 Å². The summed E-state index contributed by atoms with van der Waals surface area (Å²) in [6.45, 7) is 0.554. The first-order chi connectivity index (χ1) is 12.1. The Balaban J connectivity index is 1.62. The molecule has 0 aliphatic carbocycles. The zero-order chi connectivity index (χ0) is 17.8. The van der Waals surface area contributed by atoms with Crippen molar-refractivity contribution in [1.29, 1.82) is 0 Å². The highest BCUT2D eigenvalue weighted by Crippen LogP contribution is 2.24. The molecule has 0 spiro atoms. The molecule has 2 N–H and O–H groups in total. The summed E-state index contributed by atoms with van der Waals surface area (Å²) >= 11 is 0. The lowest BCUT2D eigenvalue weighted by Crippen LogP contribution is -2.36. The summed E-state index contributed by atoms with van der Waals surface area (Å²) in [7, 11) is 3.16. The summed E-state index contributed by atoms with van der Waals surface area (Å²) in [5.74, 6) is 2.01. The molecular formula is C17H22N4O4. The maximum atomic E-state index is 12.4. The third-order valence-electron chi connectivity index (χ3n) is 4.46. The quantitative estimate of drug-likeness (QED) is 0.828. The second kappa shape index (κ2) is 7.42. The van der Waals surface area contributed by atoms with E-state index in [-0.39, 0.29) is 24.1 Å². The van der Waals surface area contributed by atoms with E-state index < -0.39 is 0 Å². The maximum absolute atomic E-state index is 12.4. The number of aromatic nitrogens is 3. The molecule has 0 bridgehead atoms. The molecule has 1 unspecified atom stereocenters. The number of nitrogens with zero attached hydrogens (tertiary/aromatic N) is 2. The molecule has 0 fully saturated rings. The average molecular weight is 346 g/mol. The van der Waals surface area contributed by atoms with E-state index in [1.807, 2.05) is 0 Å². The Labute approximate surface area is 145 Å². The Morgan fingerprint density at radius 1 is 1.36 bits per heavy atom. The first-order valence-corrected chi connectivity index (χ1v) is 8.25. The highest BCUT2D eigenvalue weighted by atomic mass is 16.5. The molecular weight excluding hydrogens is 324 g/mol. The lowest BCUT2D eigenvalue weighted by atomic mass is 10.1. The van der Waals surface area contributed by atoms with Crippen molar-refractivity contribution in [2.75, 3.05) is 14.2 Å². The van der Waals surface area contributed by atoms with Gasteiger partial charge in [-0.05, 0) is 31.0 Å². The van der Waals surface area contributed by atoms with Crippen molar-refractivity contribution >= 4 is 5.91 Å². The lowest BCUT2D eigenvalue weighted by molar-refractivity contribution is -0.121. The molecule has 1 aliphatic heterocycles. The molecule has 0 saturated heterocycles. The number of aromatic amines is 1. The average Bonchev–Trinajstić information content (AvgIpc) is 2.84. The van der Waals surface area contributed by atoms with E-state index in [9.17, 15) is 9.59 Å². The highest BCUT2D eigenvalue weighted by molar-refractivity contribution is 5.79. The summed E-state index contributed by atoms with van der Waals surface area (Å²) in [6, 6.07) is 5.41. The van der Waals surface area contributed by atoms with Crippen molar-refractivity contribution in [3.05, 3.63) is 40.1 Å². The van der Waals surface area contributed by atoms with Gasteiger partial charge in [-0.3, -0.25) is 9.36 Å². The molecule has 1 aromatic carbocycles. The van der Waals surface area contributed by atoms with Crippen molar-refractivity contribution in [2.24, 2.45) is 0 Å². The molecule has 8 heteroatoms. The van der Waals surface area contributed by atoms with Crippen LogP contribution in [0.4, 0.5) is 0 Å². The van der Waals surface area contributed by atoms with E-state index >= 15 is 0 Å². The van der Waals surface area contributed by atoms with Crippen LogP contribution in [0.5, 0.6) is 11.5 Å². The molecule has 3 rings (SSSR count). The summed E-state index contributed by atoms with van der Waals surface area (Å²) in [5, 5.41) is 9.54. The molecule has 1 aliphatic rings. The first-order valence-electron chi connectivity index (χ1n) is 8.25. The van der Waals surface area contributed by atoms with E-state index in [1.165, 1.54) is 0 Å². The van der Waals surface area contributed by atoms with Gasteiger partial charge in [-0.1, -0.05) is 0 Å². The van der Waals surface area contributed by atoms with Gasteiger partial charge in [-0.2, -0.15) is 5.10 Å². The zero-order valence-electron chi connectivity index (χ0n) is 14.4. The standard InChI is InChI=1S/C17H22N4O4/c1-24-13-4-5-14(25-2)11(9-13)10-16(22)18-12-3-6-15-19-20-17(23)21(15)8-7-12/h4-5,9,12H,3,6-8,10H2,1-2H3,(H,18,22)(H,20,23). The minimum atomic E-state index is -0.192. The number of ether oxygens (including phenoxy) is 2. The molecule has 2 heterocycles. The number of carbonyl (C=O) groups excluding carboxylic acids is 1. The van der Waals surface area contributed by atoms with Crippen molar-refractivity contribution in [2.45, 2.75) is 38.3 Å². The number of H-pyrrole nitrogens is 1. The Morgan fingerprint density at radius 2 is 2.20 bits per heavy atom. The van der Waals surface area contributed by atoms with Crippen LogP contribution in [0, 0.1) is 0 Å².